The van der Waals surface area contributed by atoms with Gasteiger partial charge in [0, 0.05) is 24.2 Å². The van der Waals surface area contributed by atoms with E-state index < -0.39 is 5.91 Å². The van der Waals surface area contributed by atoms with Gasteiger partial charge < -0.3 is 9.64 Å². The van der Waals surface area contributed by atoms with Gasteiger partial charge in [-0.25, -0.2) is 10.5 Å². The molecule has 8 heteroatoms. The van der Waals surface area contributed by atoms with Gasteiger partial charge >= 0.3 is 0 Å². The average Bonchev–Trinajstić information content (AvgIpc) is 2.77. The Labute approximate surface area is 168 Å². The Morgan fingerprint density at radius 3 is 2.45 bits per heavy atom. The fourth-order valence-corrected chi connectivity index (χ4v) is 2.89. The minimum atomic E-state index is -0.611. The third-order valence-corrected chi connectivity index (χ3v) is 4.53. The van der Waals surface area contributed by atoms with E-state index in [0.717, 1.165) is 5.56 Å². The lowest BCUT2D eigenvalue weighted by atomic mass is 10.1. The topological polar surface area (TPSA) is 105 Å². The summed E-state index contributed by atoms with van der Waals surface area (Å²) >= 11 is 0. The number of hydrogen-bond acceptors (Lipinski definition) is 6. The first-order valence-corrected chi connectivity index (χ1v) is 9.28. The zero-order valence-corrected chi connectivity index (χ0v) is 16.3. The van der Waals surface area contributed by atoms with Gasteiger partial charge in [0.05, 0.1) is 22.9 Å². The van der Waals surface area contributed by atoms with Crippen LogP contribution in [-0.4, -0.2) is 51.6 Å². The molecule has 29 heavy (non-hydrogen) atoms. The van der Waals surface area contributed by atoms with Crippen molar-refractivity contribution in [3.63, 3.8) is 0 Å². The second-order valence-corrected chi connectivity index (χ2v) is 6.28. The van der Waals surface area contributed by atoms with Crippen molar-refractivity contribution in [1.29, 1.82) is 0 Å². The average molecular weight is 394 g/mol. The van der Waals surface area contributed by atoms with Crippen LogP contribution in [0.4, 0.5) is 0 Å². The van der Waals surface area contributed by atoms with Crippen LogP contribution < -0.4 is 10.2 Å². The SMILES string of the molecule is CCN(CC)C(=O)COc1ccc(-c2cnc3ccc(C(=O)NO)cc3n2)cc1. The van der Waals surface area contributed by atoms with Gasteiger partial charge in [0.15, 0.2) is 6.61 Å². The molecule has 3 rings (SSSR count). The van der Waals surface area contributed by atoms with E-state index in [-0.39, 0.29) is 18.1 Å². The number of hydrogen-bond donors (Lipinski definition) is 2. The van der Waals surface area contributed by atoms with Gasteiger partial charge in [0.1, 0.15) is 5.75 Å². The van der Waals surface area contributed by atoms with Crippen LogP contribution in [0.5, 0.6) is 5.75 Å². The quantitative estimate of drug-likeness (QED) is 0.472. The van der Waals surface area contributed by atoms with Gasteiger partial charge in [0.25, 0.3) is 11.8 Å². The molecule has 0 saturated carbocycles. The molecule has 0 unspecified atom stereocenters. The number of amides is 2. The van der Waals surface area contributed by atoms with Crippen LogP contribution in [0, 0.1) is 0 Å². The molecule has 0 fully saturated rings. The summed E-state index contributed by atoms with van der Waals surface area (Å²) < 4.78 is 5.57. The highest BCUT2D eigenvalue weighted by Crippen LogP contribution is 2.22. The van der Waals surface area contributed by atoms with Gasteiger partial charge in [0.2, 0.25) is 0 Å². The highest BCUT2D eigenvalue weighted by molar-refractivity contribution is 5.96. The van der Waals surface area contributed by atoms with Crippen LogP contribution in [0.15, 0.2) is 48.7 Å². The van der Waals surface area contributed by atoms with Crippen molar-refractivity contribution in [2.75, 3.05) is 19.7 Å². The monoisotopic (exact) mass is 394 g/mol. The number of benzene rings is 2. The van der Waals surface area contributed by atoms with Crippen LogP contribution in [0.3, 0.4) is 0 Å². The van der Waals surface area contributed by atoms with Crippen molar-refractivity contribution < 1.29 is 19.5 Å². The van der Waals surface area contributed by atoms with Crippen molar-refractivity contribution in [2.24, 2.45) is 0 Å². The van der Waals surface area contributed by atoms with Crippen LogP contribution in [0.2, 0.25) is 0 Å². The molecule has 0 bridgehead atoms. The molecule has 0 aliphatic rings. The summed E-state index contributed by atoms with van der Waals surface area (Å²) in [7, 11) is 0. The maximum absolute atomic E-state index is 12.0. The van der Waals surface area contributed by atoms with Gasteiger partial charge in [-0.05, 0) is 56.3 Å². The molecule has 0 atom stereocenters. The lowest BCUT2D eigenvalue weighted by Crippen LogP contribution is -2.34. The normalized spacial score (nSPS) is 10.6. The van der Waals surface area contributed by atoms with E-state index in [4.69, 9.17) is 9.94 Å². The summed E-state index contributed by atoms with van der Waals surface area (Å²) in [5.74, 6) is -0.0769. The highest BCUT2D eigenvalue weighted by Gasteiger charge is 2.11. The Hall–Kier alpha value is -3.52. The Morgan fingerprint density at radius 1 is 1.07 bits per heavy atom. The van der Waals surface area contributed by atoms with E-state index in [0.29, 0.717) is 35.6 Å². The molecule has 8 nitrogen and oxygen atoms in total. The lowest BCUT2D eigenvalue weighted by Gasteiger charge is -2.18. The number of likely N-dealkylation sites (N-methyl/N-ethyl adjacent to an activating group) is 1. The standard InChI is InChI=1S/C21H22N4O4/c1-3-25(4-2)20(26)13-29-16-8-5-14(6-9-16)19-12-22-17-10-7-15(21(27)24-28)11-18(17)23-19/h5-12,28H,3-4,13H2,1-2H3,(H,24,27). The van der Waals surface area contributed by atoms with Gasteiger partial charge in [-0.1, -0.05) is 0 Å². The minimum Gasteiger partial charge on any atom is -0.484 e. The van der Waals surface area contributed by atoms with Crippen LogP contribution >= 0.6 is 0 Å². The summed E-state index contributed by atoms with van der Waals surface area (Å²) in [6.45, 7) is 5.16. The van der Waals surface area contributed by atoms with E-state index >= 15 is 0 Å². The number of carbonyl (C=O) groups is 2. The highest BCUT2D eigenvalue weighted by atomic mass is 16.5. The Kier molecular flexibility index (Phi) is 6.36. The first-order valence-electron chi connectivity index (χ1n) is 9.28. The molecule has 2 aromatic carbocycles. The molecule has 0 saturated heterocycles. The van der Waals surface area contributed by atoms with E-state index in [1.807, 2.05) is 26.0 Å². The molecule has 150 valence electrons. The van der Waals surface area contributed by atoms with Crippen molar-refractivity contribution in [3.05, 3.63) is 54.2 Å². The molecular weight excluding hydrogens is 372 g/mol. The summed E-state index contributed by atoms with van der Waals surface area (Å²) in [5.41, 5.74) is 4.51. The summed E-state index contributed by atoms with van der Waals surface area (Å²) in [5, 5.41) is 8.78. The molecule has 1 aromatic heterocycles. The van der Waals surface area contributed by atoms with Crippen molar-refractivity contribution in [1.82, 2.24) is 20.3 Å². The molecule has 2 N–H and O–H groups in total. The van der Waals surface area contributed by atoms with Crippen LogP contribution in [0.25, 0.3) is 22.3 Å². The number of carbonyl (C=O) groups excluding carboxylic acids is 2. The number of hydroxylamine groups is 1. The third-order valence-electron chi connectivity index (χ3n) is 4.53. The molecule has 0 radical (unpaired) electrons. The van der Waals surface area contributed by atoms with E-state index in [2.05, 4.69) is 9.97 Å². The fraction of sp³-hybridized carbons (Fsp3) is 0.238. The number of nitrogens with zero attached hydrogens (tertiary/aromatic N) is 3. The maximum Gasteiger partial charge on any atom is 0.274 e. The molecule has 2 amide bonds. The second kappa shape index (κ2) is 9.11. The molecule has 0 aliphatic heterocycles. The van der Waals surface area contributed by atoms with Gasteiger partial charge in [-0.3, -0.25) is 19.8 Å². The first kappa shape index (κ1) is 20.2. The van der Waals surface area contributed by atoms with Crippen LogP contribution in [-0.2, 0) is 4.79 Å². The lowest BCUT2D eigenvalue weighted by molar-refractivity contribution is -0.132. The van der Waals surface area contributed by atoms with E-state index in [1.54, 1.807) is 46.9 Å². The minimum absolute atomic E-state index is 0.00744. The largest absolute Gasteiger partial charge is 0.484 e. The van der Waals surface area contributed by atoms with E-state index in [1.165, 1.54) is 0 Å². The third kappa shape index (κ3) is 4.67. The molecule has 0 spiro atoms. The van der Waals surface area contributed by atoms with E-state index in [9.17, 15) is 9.59 Å². The Morgan fingerprint density at radius 2 is 1.79 bits per heavy atom. The maximum atomic E-state index is 12.0. The zero-order chi connectivity index (χ0) is 20.8. The first-order chi connectivity index (χ1) is 14.0. The Bertz CT molecular complexity index is 1020. The fourth-order valence-electron chi connectivity index (χ4n) is 2.89. The van der Waals surface area contributed by atoms with Crippen molar-refractivity contribution >= 4 is 22.8 Å². The Balaban J connectivity index is 1.76. The summed E-state index contributed by atoms with van der Waals surface area (Å²) in [4.78, 5) is 34.2. The predicted molar refractivity (Wildman–Crippen MR) is 108 cm³/mol. The second-order valence-electron chi connectivity index (χ2n) is 6.28. The van der Waals surface area contributed by atoms with Gasteiger partial charge in [-0.15, -0.1) is 0 Å². The number of aromatic nitrogens is 2. The van der Waals surface area contributed by atoms with Gasteiger partial charge in [-0.2, -0.15) is 0 Å². The summed E-state index contributed by atoms with van der Waals surface area (Å²) in [6, 6.07) is 12.0. The molecular formula is C21H22N4O4. The molecule has 0 aliphatic carbocycles. The number of fused-ring (bicyclic) bond motifs is 1. The van der Waals surface area contributed by atoms with Crippen molar-refractivity contribution in [3.8, 4) is 17.0 Å². The van der Waals surface area contributed by atoms with Crippen LogP contribution in [0.1, 0.15) is 24.2 Å². The molecule has 1 heterocycles. The molecule has 3 aromatic rings. The number of ether oxygens (including phenoxy) is 1. The predicted octanol–water partition coefficient (Wildman–Crippen LogP) is 2.66. The smallest absolute Gasteiger partial charge is 0.274 e. The zero-order valence-electron chi connectivity index (χ0n) is 16.3. The van der Waals surface area contributed by atoms with Crippen molar-refractivity contribution in [2.45, 2.75) is 13.8 Å². The summed E-state index contributed by atoms with van der Waals surface area (Å²) in [6.07, 6.45) is 1.65. The number of nitrogens with one attached hydrogen (secondary N) is 1. The number of rotatable bonds is 7.